The van der Waals surface area contributed by atoms with Crippen molar-refractivity contribution in [2.24, 2.45) is 0 Å². The fourth-order valence-electron chi connectivity index (χ4n) is 3.22. The second-order valence-corrected chi connectivity index (χ2v) is 8.50. The SMILES string of the molecule is CC(C)(C)c1nc2nc(-c3ccccc3Cl)c(-c3ccc(C#N)cc3)cc2c(=O)[nH]1. The van der Waals surface area contributed by atoms with Crippen LogP contribution >= 0.6 is 11.6 Å². The standard InChI is InChI=1S/C24H19ClN4O/c1-24(2,3)23-28-21-18(22(30)29-23)12-17(15-10-8-14(13-26)9-11-15)20(27-21)16-6-4-5-7-19(16)25/h4-12H,1-3H3,(H,27,28,29,30). The number of rotatable bonds is 2. The smallest absolute Gasteiger partial charge is 0.260 e. The number of fused-ring (bicyclic) bond motifs is 1. The van der Waals surface area contributed by atoms with Gasteiger partial charge in [0.2, 0.25) is 0 Å². The maximum Gasteiger partial charge on any atom is 0.260 e. The van der Waals surface area contributed by atoms with E-state index in [4.69, 9.17) is 21.8 Å². The van der Waals surface area contributed by atoms with Crippen LogP contribution in [0.15, 0.2) is 59.4 Å². The number of H-pyrrole nitrogens is 1. The lowest BCUT2D eigenvalue weighted by Crippen LogP contribution is -2.22. The van der Waals surface area contributed by atoms with Gasteiger partial charge < -0.3 is 4.98 Å². The van der Waals surface area contributed by atoms with E-state index in [0.29, 0.717) is 33.1 Å². The molecule has 148 valence electrons. The molecule has 0 aliphatic heterocycles. The van der Waals surface area contributed by atoms with Gasteiger partial charge in [-0.05, 0) is 29.8 Å². The fourth-order valence-corrected chi connectivity index (χ4v) is 3.45. The van der Waals surface area contributed by atoms with Crippen molar-refractivity contribution in [1.29, 1.82) is 5.26 Å². The maximum atomic E-state index is 12.8. The Morgan fingerprint density at radius 1 is 1.00 bits per heavy atom. The third kappa shape index (κ3) is 3.58. The third-order valence-corrected chi connectivity index (χ3v) is 5.19. The highest BCUT2D eigenvalue weighted by Gasteiger charge is 2.21. The molecule has 0 aliphatic rings. The predicted molar refractivity (Wildman–Crippen MR) is 119 cm³/mol. The van der Waals surface area contributed by atoms with E-state index in [1.165, 1.54) is 0 Å². The second kappa shape index (κ2) is 7.40. The Morgan fingerprint density at radius 3 is 2.33 bits per heavy atom. The average molecular weight is 415 g/mol. The Labute approximate surface area is 179 Å². The van der Waals surface area contributed by atoms with Crippen LogP contribution in [0, 0.1) is 11.3 Å². The molecule has 1 N–H and O–H groups in total. The van der Waals surface area contributed by atoms with Crippen molar-refractivity contribution < 1.29 is 0 Å². The van der Waals surface area contributed by atoms with Crippen LogP contribution in [0.4, 0.5) is 0 Å². The molecule has 0 radical (unpaired) electrons. The molecule has 0 bridgehead atoms. The first kappa shape index (κ1) is 19.8. The Bertz CT molecular complexity index is 1360. The van der Waals surface area contributed by atoms with Gasteiger partial charge in [-0.1, -0.05) is 62.7 Å². The van der Waals surface area contributed by atoms with Gasteiger partial charge in [0.05, 0.1) is 22.7 Å². The molecule has 0 saturated heterocycles. The number of halogens is 1. The molecule has 0 atom stereocenters. The summed E-state index contributed by atoms with van der Waals surface area (Å²) in [6, 6.07) is 18.5. The van der Waals surface area contributed by atoms with Crippen molar-refractivity contribution in [3.8, 4) is 28.5 Å². The van der Waals surface area contributed by atoms with Gasteiger partial charge in [0.25, 0.3) is 5.56 Å². The predicted octanol–water partition coefficient (Wildman–Crippen LogP) is 5.47. The van der Waals surface area contributed by atoms with Crippen molar-refractivity contribution in [3.63, 3.8) is 0 Å². The molecular formula is C24H19ClN4O. The van der Waals surface area contributed by atoms with Gasteiger partial charge in [0, 0.05) is 21.6 Å². The molecule has 2 heterocycles. The zero-order chi connectivity index (χ0) is 21.5. The Hall–Kier alpha value is -3.49. The average Bonchev–Trinajstić information content (AvgIpc) is 2.73. The zero-order valence-corrected chi connectivity index (χ0v) is 17.6. The number of nitrogens with one attached hydrogen (secondary N) is 1. The van der Waals surface area contributed by atoms with Crippen LogP contribution in [0.1, 0.15) is 32.2 Å². The number of hydrogen-bond acceptors (Lipinski definition) is 4. The highest BCUT2D eigenvalue weighted by atomic mass is 35.5. The number of pyridine rings is 1. The molecule has 2 aromatic carbocycles. The topological polar surface area (TPSA) is 82.4 Å². The van der Waals surface area contributed by atoms with E-state index in [2.05, 4.69) is 16.0 Å². The monoisotopic (exact) mass is 414 g/mol. The first-order valence-corrected chi connectivity index (χ1v) is 9.87. The second-order valence-electron chi connectivity index (χ2n) is 8.09. The molecule has 0 spiro atoms. The quantitative estimate of drug-likeness (QED) is 0.471. The van der Waals surface area contributed by atoms with Crippen LogP contribution in [0.25, 0.3) is 33.4 Å². The van der Waals surface area contributed by atoms with Crippen LogP contribution in [0.3, 0.4) is 0 Å². The summed E-state index contributed by atoms with van der Waals surface area (Å²) in [6.45, 7) is 5.95. The zero-order valence-electron chi connectivity index (χ0n) is 16.8. The summed E-state index contributed by atoms with van der Waals surface area (Å²) >= 11 is 6.48. The lowest BCUT2D eigenvalue weighted by Gasteiger charge is -2.18. The minimum absolute atomic E-state index is 0.238. The van der Waals surface area contributed by atoms with Gasteiger partial charge in [-0.2, -0.15) is 5.26 Å². The summed E-state index contributed by atoms with van der Waals surface area (Å²) in [7, 11) is 0. The van der Waals surface area contributed by atoms with Gasteiger partial charge >= 0.3 is 0 Å². The number of nitrogens with zero attached hydrogens (tertiary/aromatic N) is 3. The highest BCUT2D eigenvalue weighted by molar-refractivity contribution is 6.33. The summed E-state index contributed by atoms with van der Waals surface area (Å²) in [4.78, 5) is 25.1. The molecule has 2 aromatic heterocycles. The van der Waals surface area contributed by atoms with Gasteiger partial charge in [-0.3, -0.25) is 4.79 Å². The van der Waals surface area contributed by atoms with Crippen molar-refractivity contribution in [3.05, 3.63) is 81.4 Å². The van der Waals surface area contributed by atoms with Crippen molar-refractivity contribution in [2.75, 3.05) is 0 Å². The van der Waals surface area contributed by atoms with E-state index in [-0.39, 0.29) is 11.0 Å². The van der Waals surface area contributed by atoms with Crippen LogP contribution in [0.5, 0.6) is 0 Å². The van der Waals surface area contributed by atoms with Gasteiger partial charge in [-0.25, -0.2) is 9.97 Å². The Balaban J connectivity index is 2.07. The third-order valence-electron chi connectivity index (χ3n) is 4.86. The van der Waals surface area contributed by atoms with Gasteiger partial charge in [-0.15, -0.1) is 0 Å². The molecule has 0 unspecified atom stereocenters. The molecule has 0 amide bonds. The van der Waals surface area contributed by atoms with Gasteiger partial charge in [0.1, 0.15) is 5.82 Å². The van der Waals surface area contributed by atoms with Crippen molar-refractivity contribution in [1.82, 2.24) is 15.0 Å². The molecule has 30 heavy (non-hydrogen) atoms. The molecule has 0 saturated carbocycles. The van der Waals surface area contributed by atoms with Crippen molar-refractivity contribution >= 4 is 22.6 Å². The van der Waals surface area contributed by atoms with Crippen LogP contribution in [0.2, 0.25) is 5.02 Å². The number of nitriles is 1. The molecule has 4 rings (SSSR count). The first-order valence-electron chi connectivity index (χ1n) is 9.49. The first-order chi connectivity index (χ1) is 14.3. The van der Waals surface area contributed by atoms with E-state index in [1.807, 2.05) is 51.1 Å². The summed E-state index contributed by atoms with van der Waals surface area (Å²) in [5, 5.41) is 10.1. The number of aromatic amines is 1. The van der Waals surface area contributed by atoms with Gasteiger partial charge in [0.15, 0.2) is 5.65 Å². The maximum absolute atomic E-state index is 12.8. The van der Waals surface area contributed by atoms with E-state index < -0.39 is 0 Å². The van der Waals surface area contributed by atoms with E-state index in [1.54, 1.807) is 24.3 Å². The summed E-state index contributed by atoms with van der Waals surface area (Å²) < 4.78 is 0. The number of hydrogen-bond donors (Lipinski definition) is 1. The minimum Gasteiger partial charge on any atom is -0.309 e. The molecule has 0 fully saturated rings. The lowest BCUT2D eigenvalue weighted by molar-refractivity contribution is 0.545. The van der Waals surface area contributed by atoms with Crippen LogP contribution in [-0.2, 0) is 5.41 Å². The highest BCUT2D eigenvalue weighted by Crippen LogP contribution is 2.36. The largest absolute Gasteiger partial charge is 0.309 e. The molecular weight excluding hydrogens is 396 g/mol. The summed E-state index contributed by atoms with van der Waals surface area (Å²) in [5.41, 5.74) is 3.32. The van der Waals surface area contributed by atoms with E-state index in [9.17, 15) is 4.79 Å². The van der Waals surface area contributed by atoms with E-state index >= 15 is 0 Å². The molecule has 4 aromatic rings. The minimum atomic E-state index is -0.328. The fraction of sp³-hybridized carbons (Fsp3) is 0.167. The van der Waals surface area contributed by atoms with Crippen molar-refractivity contribution in [2.45, 2.75) is 26.2 Å². The number of benzene rings is 2. The Morgan fingerprint density at radius 2 is 1.70 bits per heavy atom. The molecule has 6 heteroatoms. The lowest BCUT2D eigenvalue weighted by atomic mass is 9.95. The normalized spacial score (nSPS) is 11.4. The molecule has 0 aliphatic carbocycles. The Kier molecular flexibility index (Phi) is 4.89. The van der Waals surface area contributed by atoms with E-state index in [0.717, 1.165) is 16.7 Å². The molecule has 5 nitrogen and oxygen atoms in total. The van der Waals surface area contributed by atoms with Crippen LogP contribution in [-0.4, -0.2) is 15.0 Å². The number of aromatic nitrogens is 3. The van der Waals surface area contributed by atoms with Crippen LogP contribution < -0.4 is 5.56 Å². The summed E-state index contributed by atoms with van der Waals surface area (Å²) in [5.74, 6) is 0.573. The summed E-state index contributed by atoms with van der Waals surface area (Å²) in [6.07, 6.45) is 0.